The van der Waals surface area contributed by atoms with Crippen molar-refractivity contribution in [3.63, 3.8) is 0 Å². The van der Waals surface area contributed by atoms with Gasteiger partial charge in [0.2, 0.25) is 0 Å². The SMILES string of the molecule is COC(=O)[C@]12[C@@H](c3ccc(C)cc3)N1C1(C)c3ccccc3C2(C)c2ccccc21. The fraction of sp³-hybridized carbons (Fsp3) is 0.296. The van der Waals surface area contributed by atoms with Crippen LogP contribution in [0.15, 0.2) is 72.8 Å². The molecule has 1 saturated heterocycles. The Morgan fingerprint density at radius 2 is 1.33 bits per heavy atom. The van der Waals surface area contributed by atoms with Crippen molar-refractivity contribution in [3.05, 3.63) is 106 Å². The third kappa shape index (κ3) is 1.64. The zero-order valence-corrected chi connectivity index (χ0v) is 17.8. The van der Waals surface area contributed by atoms with E-state index in [0.29, 0.717) is 0 Å². The van der Waals surface area contributed by atoms with Gasteiger partial charge in [0, 0.05) is 5.41 Å². The average molecular weight is 396 g/mol. The van der Waals surface area contributed by atoms with E-state index in [0.717, 1.165) is 0 Å². The Labute approximate surface area is 177 Å². The van der Waals surface area contributed by atoms with Gasteiger partial charge in [0.25, 0.3) is 0 Å². The van der Waals surface area contributed by atoms with Crippen molar-refractivity contribution in [1.29, 1.82) is 0 Å². The number of esters is 1. The van der Waals surface area contributed by atoms with E-state index in [-0.39, 0.29) is 12.0 Å². The molecule has 3 aromatic carbocycles. The van der Waals surface area contributed by atoms with E-state index in [1.807, 2.05) is 0 Å². The summed E-state index contributed by atoms with van der Waals surface area (Å²) in [6.07, 6.45) is 0. The molecule has 4 aliphatic rings. The molecule has 0 amide bonds. The largest absolute Gasteiger partial charge is 0.468 e. The van der Waals surface area contributed by atoms with Gasteiger partial charge in [-0.3, -0.25) is 4.90 Å². The third-order valence-electron chi connectivity index (χ3n) is 8.08. The lowest BCUT2D eigenvalue weighted by atomic mass is 9.53. The monoisotopic (exact) mass is 395 g/mol. The van der Waals surface area contributed by atoms with Gasteiger partial charge in [-0.1, -0.05) is 78.4 Å². The molecule has 3 atom stereocenters. The highest BCUT2D eigenvalue weighted by Crippen LogP contribution is 2.77. The van der Waals surface area contributed by atoms with Gasteiger partial charge in [-0.2, -0.15) is 0 Å². The predicted octanol–water partition coefficient (Wildman–Crippen LogP) is 4.86. The minimum atomic E-state index is -0.755. The lowest BCUT2D eigenvalue weighted by molar-refractivity contribution is -0.149. The number of carbonyl (C=O) groups is 1. The second-order valence-electron chi connectivity index (χ2n) is 9.23. The maximum absolute atomic E-state index is 13.7. The van der Waals surface area contributed by atoms with Crippen LogP contribution in [0.3, 0.4) is 0 Å². The molecule has 0 N–H and O–H groups in total. The van der Waals surface area contributed by atoms with E-state index >= 15 is 0 Å². The molecule has 150 valence electrons. The molecule has 1 aliphatic carbocycles. The number of aryl methyl sites for hydroxylation is 1. The van der Waals surface area contributed by atoms with Crippen molar-refractivity contribution in [3.8, 4) is 0 Å². The van der Waals surface area contributed by atoms with E-state index in [9.17, 15) is 4.79 Å². The smallest absolute Gasteiger partial charge is 0.329 e. The van der Waals surface area contributed by atoms with Gasteiger partial charge in [-0.15, -0.1) is 0 Å². The molecule has 3 heteroatoms. The molecule has 3 aromatic rings. The molecular weight excluding hydrogens is 370 g/mol. The average Bonchev–Trinajstić information content (AvgIpc) is 3.50. The lowest BCUT2D eigenvalue weighted by Crippen LogP contribution is -2.62. The molecule has 7 rings (SSSR count). The van der Waals surface area contributed by atoms with Crippen LogP contribution in [0, 0.1) is 6.92 Å². The zero-order chi connectivity index (χ0) is 20.9. The lowest BCUT2D eigenvalue weighted by Gasteiger charge is -2.56. The highest BCUT2D eigenvalue weighted by Gasteiger charge is 2.86. The van der Waals surface area contributed by atoms with E-state index in [1.165, 1.54) is 40.5 Å². The maximum Gasteiger partial charge on any atom is 0.329 e. The zero-order valence-electron chi connectivity index (χ0n) is 17.8. The summed E-state index contributed by atoms with van der Waals surface area (Å²) in [7, 11) is 1.52. The first-order valence-electron chi connectivity index (χ1n) is 10.6. The fourth-order valence-corrected chi connectivity index (χ4v) is 6.77. The van der Waals surface area contributed by atoms with Crippen molar-refractivity contribution in [2.45, 2.75) is 43.3 Å². The Balaban J connectivity index is 1.74. The molecule has 0 saturated carbocycles. The number of benzene rings is 3. The van der Waals surface area contributed by atoms with Crippen molar-refractivity contribution >= 4 is 5.97 Å². The maximum atomic E-state index is 13.7. The summed E-state index contributed by atoms with van der Waals surface area (Å²) in [5.41, 5.74) is 5.80. The Morgan fingerprint density at radius 3 is 1.83 bits per heavy atom. The Morgan fingerprint density at radius 1 is 0.833 bits per heavy atom. The molecule has 1 fully saturated rings. The van der Waals surface area contributed by atoms with Gasteiger partial charge >= 0.3 is 5.97 Å². The van der Waals surface area contributed by atoms with Crippen molar-refractivity contribution in [2.75, 3.05) is 7.11 Å². The van der Waals surface area contributed by atoms with Gasteiger partial charge in [0.15, 0.2) is 5.54 Å². The van der Waals surface area contributed by atoms with Crippen LogP contribution < -0.4 is 0 Å². The van der Waals surface area contributed by atoms with Gasteiger partial charge < -0.3 is 4.74 Å². The summed E-state index contributed by atoms with van der Waals surface area (Å²) in [4.78, 5) is 16.1. The number of nitrogens with zero attached hydrogens (tertiary/aromatic N) is 1. The van der Waals surface area contributed by atoms with Crippen molar-refractivity contribution in [2.24, 2.45) is 0 Å². The van der Waals surface area contributed by atoms with E-state index < -0.39 is 16.5 Å². The van der Waals surface area contributed by atoms with Crippen LogP contribution in [0.1, 0.15) is 53.3 Å². The van der Waals surface area contributed by atoms with Crippen LogP contribution in [0.5, 0.6) is 0 Å². The Kier molecular flexibility index (Phi) is 3.23. The number of methoxy groups -OCH3 is 1. The van der Waals surface area contributed by atoms with Gasteiger partial charge in [0.1, 0.15) is 0 Å². The van der Waals surface area contributed by atoms with Crippen LogP contribution in [0.25, 0.3) is 0 Å². The van der Waals surface area contributed by atoms with E-state index in [1.54, 1.807) is 0 Å². The number of rotatable bonds is 2. The number of carbonyl (C=O) groups excluding carboxylic acids is 1. The molecule has 30 heavy (non-hydrogen) atoms. The number of ether oxygens (including phenoxy) is 1. The van der Waals surface area contributed by atoms with Gasteiger partial charge in [0.05, 0.1) is 18.7 Å². The second kappa shape index (κ2) is 5.41. The highest BCUT2D eigenvalue weighted by atomic mass is 16.5. The molecule has 0 radical (unpaired) electrons. The van der Waals surface area contributed by atoms with Crippen molar-refractivity contribution < 1.29 is 9.53 Å². The molecular formula is C27H25NO2. The molecule has 2 bridgehead atoms. The van der Waals surface area contributed by atoms with Crippen LogP contribution >= 0.6 is 0 Å². The number of hydrogen-bond donors (Lipinski definition) is 0. The summed E-state index contributed by atoms with van der Waals surface area (Å²) >= 11 is 0. The Hall–Kier alpha value is -2.91. The first kappa shape index (κ1) is 17.9. The van der Waals surface area contributed by atoms with Gasteiger partial charge in [-0.25, -0.2) is 4.79 Å². The van der Waals surface area contributed by atoms with Crippen LogP contribution in [-0.2, 0) is 20.5 Å². The topological polar surface area (TPSA) is 29.3 Å². The van der Waals surface area contributed by atoms with E-state index in [4.69, 9.17) is 4.74 Å². The van der Waals surface area contributed by atoms with Crippen LogP contribution in [0.4, 0.5) is 0 Å². The molecule has 0 aromatic heterocycles. The summed E-state index contributed by atoms with van der Waals surface area (Å²) in [5.74, 6) is -0.147. The van der Waals surface area contributed by atoms with Crippen LogP contribution in [0.2, 0.25) is 0 Å². The minimum Gasteiger partial charge on any atom is -0.468 e. The normalized spacial score (nSPS) is 34.5. The standard InChI is InChI=1S/C27H25NO2/c1-17-13-15-18(16-14-17)23-27(24(29)30-4)25(2)19-9-5-7-11-21(19)26(3,28(23)27)22-12-8-6-10-20(22)25/h5-16,23H,1-4H3/t23-,25?,26?,27+,28?/m1/s1. The Bertz CT molecular complexity index is 1160. The predicted molar refractivity (Wildman–Crippen MR) is 116 cm³/mol. The quantitative estimate of drug-likeness (QED) is 0.458. The summed E-state index contributed by atoms with van der Waals surface area (Å²) in [5, 5.41) is 0. The van der Waals surface area contributed by atoms with Crippen molar-refractivity contribution in [1.82, 2.24) is 4.90 Å². The third-order valence-corrected chi connectivity index (χ3v) is 8.08. The fourth-order valence-electron chi connectivity index (χ4n) is 6.77. The number of hydrogen-bond acceptors (Lipinski definition) is 3. The van der Waals surface area contributed by atoms with E-state index in [2.05, 4.69) is 98.5 Å². The molecule has 3 heterocycles. The second-order valence-corrected chi connectivity index (χ2v) is 9.23. The van der Waals surface area contributed by atoms with Gasteiger partial charge in [-0.05, 0) is 48.6 Å². The molecule has 0 spiro atoms. The summed E-state index contributed by atoms with van der Waals surface area (Å²) < 4.78 is 5.52. The summed E-state index contributed by atoms with van der Waals surface area (Å²) in [6, 6.07) is 25.9. The first-order chi connectivity index (χ1) is 14.4. The highest BCUT2D eigenvalue weighted by molar-refractivity contribution is 5.94. The van der Waals surface area contributed by atoms with Crippen LogP contribution in [-0.4, -0.2) is 23.5 Å². The molecule has 3 aliphatic heterocycles. The summed E-state index contributed by atoms with van der Waals surface area (Å²) in [6.45, 7) is 6.61. The molecule has 1 unspecified atom stereocenters. The molecule has 3 nitrogen and oxygen atoms in total. The first-order valence-corrected chi connectivity index (χ1v) is 10.6. The minimum absolute atomic E-state index is 0.0413.